The first-order chi connectivity index (χ1) is 35.3. The normalized spacial score (nSPS) is 11.4. The van der Waals surface area contributed by atoms with Crippen LogP contribution in [0.3, 0.4) is 0 Å². The molecule has 0 unspecified atom stereocenters. The van der Waals surface area contributed by atoms with Crippen molar-refractivity contribution in [3.05, 3.63) is 285 Å². The van der Waals surface area contributed by atoms with Crippen molar-refractivity contribution < 1.29 is 0 Å². The van der Waals surface area contributed by atoms with Crippen molar-refractivity contribution in [1.29, 1.82) is 0 Å². The summed E-state index contributed by atoms with van der Waals surface area (Å²) in [7, 11) is 0. The summed E-state index contributed by atoms with van der Waals surface area (Å²) in [6.45, 7) is 0. The Morgan fingerprint density at radius 2 is 0.521 bits per heavy atom. The van der Waals surface area contributed by atoms with Crippen LogP contribution < -0.4 is 14.7 Å². The maximum absolute atomic E-state index is 2.48. The van der Waals surface area contributed by atoms with Crippen molar-refractivity contribution in [2.75, 3.05) is 14.7 Å². The van der Waals surface area contributed by atoms with E-state index in [4.69, 9.17) is 0 Å². The van der Waals surface area contributed by atoms with E-state index in [0.29, 0.717) is 0 Å². The third kappa shape index (κ3) is 7.36. The van der Waals surface area contributed by atoms with E-state index < -0.39 is 0 Å². The first-order valence-corrected chi connectivity index (χ1v) is 24.2. The SMILES string of the molecule is c1ccc(N(c2ccccc2)c2ccc(-n3c4ccc(N(c5ccccc5)c5ccccc5)cc4c4c3ccc3c5cc(N(c6ccccc6)c6ccccc6)ccc5n(-c5ccccc5)c34)cc2)cc1. The van der Waals surface area contributed by atoms with Gasteiger partial charge in [0.25, 0.3) is 0 Å². The van der Waals surface area contributed by atoms with Gasteiger partial charge in [0.2, 0.25) is 0 Å². The molecule has 0 aliphatic carbocycles. The van der Waals surface area contributed by atoms with Gasteiger partial charge in [-0.25, -0.2) is 0 Å². The fourth-order valence-electron chi connectivity index (χ4n) is 10.5. The van der Waals surface area contributed by atoms with Crippen molar-refractivity contribution >= 4 is 94.8 Å². The molecule has 2 heterocycles. The predicted octanol–water partition coefficient (Wildman–Crippen LogP) is 18.3. The van der Waals surface area contributed by atoms with Gasteiger partial charge in [-0.1, -0.05) is 133 Å². The van der Waals surface area contributed by atoms with E-state index >= 15 is 0 Å². The Kier molecular flexibility index (Phi) is 10.4. The quantitative estimate of drug-likeness (QED) is 0.129. The van der Waals surface area contributed by atoms with Crippen molar-refractivity contribution in [1.82, 2.24) is 9.13 Å². The lowest BCUT2D eigenvalue weighted by Gasteiger charge is -2.26. The van der Waals surface area contributed by atoms with Gasteiger partial charge in [-0.05, 0) is 152 Å². The second kappa shape index (κ2) is 17.8. The van der Waals surface area contributed by atoms with E-state index in [0.717, 1.165) is 90.0 Å². The number of fused-ring (bicyclic) bond motifs is 7. The van der Waals surface area contributed by atoms with Crippen LogP contribution >= 0.6 is 0 Å². The Morgan fingerprint density at radius 3 is 0.944 bits per heavy atom. The molecular formula is C66H47N5. The molecule has 0 N–H and O–H groups in total. The second-order valence-electron chi connectivity index (χ2n) is 17.8. The van der Waals surface area contributed by atoms with Crippen molar-refractivity contribution in [2.45, 2.75) is 0 Å². The molecule has 0 saturated heterocycles. The van der Waals surface area contributed by atoms with Gasteiger partial charge in [0.15, 0.2) is 0 Å². The first-order valence-electron chi connectivity index (χ1n) is 24.2. The molecule has 11 aromatic carbocycles. The molecular weight excluding hydrogens is 863 g/mol. The number of hydrogen-bond donors (Lipinski definition) is 0. The van der Waals surface area contributed by atoms with Crippen LogP contribution in [0, 0.1) is 0 Å². The number of para-hydroxylation sites is 7. The Labute approximate surface area is 413 Å². The molecule has 5 heteroatoms. The number of nitrogens with zero attached hydrogens (tertiary/aromatic N) is 5. The average molecular weight is 910 g/mol. The number of benzene rings is 11. The Morgan fingerprint density at radius 1 is 0.211 bits per heavy atom. The van der Waals surface area contributed by atoms with Gasteiger partial charge in [0, 0.05) is 84.1 Å². The maximum atomic E-state index is 2.48. The Hall–Kier alpha value is -9.58. The fraction of sp³-hybridized carbons (Fsp3) is 0. The van der Waals surface area contributed by atoms with Crippen molar-refractivity contribution in [3.63, 3.8) is 0 Å². The van der Waals surface area contributed by atoms with E-state index in [9.17, 15) is 0 Å². The van der Waals surface area contributed by atoms with Crippen LogP contribution in [0.15, 0.2) is 285 Å². The molecule has 0 atom stereocenters. The predicted molar refractivity (Wildman–Crippen MR) is 299 cm³/mol. The summed E-state index contributed by atoms with van der Waals surface area (Å²) in [4.78, 5) is 7.03. The summed E-state index contributed by atoms with van der Waals surface area (Å²) < 4.78 is 4.93. The zero-order valence-corrected chi connectivity index (χ0v) is 38.9. The molecule has 0 bridgehead atoms. The van der Waals surface area contributed by atoms with E-state index in [-0.39, 0.29) is 0 Å². The molecule has 0 spiro atoms. The average Bonchev–Trinajstić information content (AvgIpc) is 3.96. The van der Waals surface area contributed by atoms with Gasteiger partial charge in [-0.15, -0.1) is 0 Å². The van der Waals surface area contributed by atoms with Gasteiger partial charge < -0.3 is 23.8 Å². The topological polar surface area (TPSA) is 19.6 Å². The first kappa shape index (κ1) is 41.6. The van der Waals surface area contributed by atoms with Crippen molar-refractivity contribution in [3.8, 4) is 11.4 Å². The molecule has 5 nitrogen and oxygen atoms in total. The van der Waals surface area contributed by atoms with E-state index in [1.807, 2.05) is 0 Å². The summed E-state index contributed by atoms with van der Waals surface area (Å²) >= 11 is 0. The lowest BCUT2D eigenvalue weighted by molar-refractivity contribution is 1.17. The Bertz CT molecular complexity index is 3830. The third-order valence-electron chi connectivity index (χ3n) is 13.6. The maximum Gasteiger partial charge on any atom is 0.0641 e. The minimum atomic E-state index is 1.08. The second-order valence-corrected chi connectivity index (χ2v) is 17.8. The fourth-order valence-corrected chi connectivity index (χ4v) is 10.5. The van der Waals surface area contributed by atoms with Crippen LogP contribution in [0.2, 0.25) is 0 Å². The molecule has 2 aromatic heterocycles. The minimum absolute atomic E-state index is 1.08. The molecule has 0 fully saturated rings. The summed E-state index contributed by atoms with van der Waals surface area (Å²) in [6, 6.07) is 102. The van der Waals surface area contributed by atoms with Crippen LogP contribution in [0.1, 0.15) is 0 Å². The lowest BCUT2D eigenvalue weighted by atomic mass is 10.1. The van der Waals surface area contributed by atoms with Gasteiger partial charge in [0.1, 0.15) is 0 Å². The standard InChI is InChI=1S/C66H47N5/c1-8-22-48(23-9-1)67(49-24-10-2-11-25-49)55-36-38-56(39-37-55)70-63-44-41-58(69(52-30-16-5-17-31-52)53-32-18-6-19-33-53)47-61(63)65-64(70)45-42-59-60-46-57(40-43-62(60)71(66(59)65)54-34-20-7-21-35-54)68(50-26-12-3-13-27-50)51-28-14-4-15-29-51/h1-47H. The zero-order valence-electron chi connectivity index (χ0n) is 38.9. The van der Waals surface area contributed by atoms with Gasteiger partial charge in [0.05, 0.1) is 22.1 Å². The zero-order chi connectivity index (χ0) is 47.1. The molecule has 0 aliphatic rings. The van der Waals surface area contributed by atoms with Crippen LogP contribution in [0.4, 0.5) is 51.2 Å². The van der Waals surface area contributed by atoms with Gasteiger partial charge >= 0.3 is 0 Å². The highest BCUT2D eigenvalue weighted by Crippen LogP contribution is 2.47. The summed E-state index contributed by atoms with van der Waals surface area (Å²) in [5.74, 6) is 0. The molecule has 0 amide bonds. The summed E-state index contributed by atoms with van der Waals surface area (Å²) in [5, 5.41) is 4.71. The number of hydrogen-bond acceptors (Lipinski definition) is 3. The highest BCUT2D eigenvalue weighted by molar-refractivity contribution is 6.27. The highest BCUT2D eigenvalue weighted by atomic mass is 15.2. The van der Waals surface area contributed by atoms with Gasteiger partial charge in [-0.2, -0.15) is 0 Å². The minimum Gasteiger partial charge on any atom is -0.311 e. The third-order valence-corrected chi connectivity index (χ3v) is 13.6. The molecule has 336 valence electrons. The van der Waals surface area contributed by atoms with Crippen LogP contribution in [0.25, 0.3) is 55.0 Å². The largest absolute Gasteiger partial charge is 0.311 e. The van der Waals surface area contributed by atoms with E-state index in [1.165, 1.54) is 16.2 Å². The van der Waals surface area contributed by atoms with Crippen LogP contribution in [0.5, 0.6) is 0 Å². The molecule has 13 aromatic rings. The van der Waals surface area contributed by atoms with Crippen LogP contribution in [-0.2, 0) is 0 Å². The molecule has 13 rings (SSSR count). The lowest BCUT2D eigenvalue weighted by Crippen LogP contribution is -2.10. The monoisotopic (exact) mass is 909 g/mol. The summed E-state index contributed by atoms with van der Waals surface area (Å²) in [6.07, 6.45) is 0. The Balaban J connectivity index is 1.09. The highest BCUT2D eigenvalue weighted by Gasteiger charge is 2.24. The van der Waals surface area contributed by atoms with Crippen molar-refractivity contribution in [2.24, 2.45) is 0 Å². The van der Waals surface area contributed by atoms with E-state index in [1.54, 1.807) is 0 Å². The summed E-state index contributed by atoms with van der Waals surface area (Å²) in [5.41, 5.74) is 16.6. The molecule has 0 aliphatic heterocycles. The van der Waals surface area contributed by atoms with Crippen LogP contribution in [-0.4, -0.2) is 9.13 Å². The number of aromatic nitrogens is 2. The molecule has 0 saturated carbocycles. The van der Waals surface area contributed by atoms with E-state index in [2.05, 4.69) is 309 Å². The van der Waals surface area contributed by atoms with Gasteiger partial charge in [-0.3, -0.25) is 0 Å². The molecule has 71 heavy (non-hydrogen) atoms. The smallest absolute Gasteiger partial charge is 0.0641 e. The number of rotatable bonds is 11. The molecule has 0 radical (unpaired) electrons. The number of anilines is 9.